The van der Waals surface area contributed by atoms with E-state index >= 15 is 0 Å². The van der Waals surface area contributed by atoms with Gasteiger partial charge in [-0.2, -0.15) is 0 Å². The summed E-state index contributed by atoms with van der Waals surface area (Å²) in [5.74, 6) is 0.299. The van der Waals surface area contributed by atoms with Crippen LogP contribution in [0.3, 0.4) is 0 Å². The molecule has 1 aliphatic rings. The average molecular weight is 274 g/mol. The maximum absolute atomic E-state index is 7.69. The second-order valence-corrected chi connectivity index (χ2v) is 5.62. The highest BCUT2D eigenvalue weighted by atomic mass is 15.3. The minimum atomic E-state index is 0.107. The molecule has 0 bridgehead atoms. The third kappa shape index (κ3) is 2.96. The van der Waals surface area contributed by atoms with Crippen molar-refractivity contribution in [2.45, 2.75) is 33.2 Å². The van der Waals surface area contributed by atoms with Crippen LogP contribution in [-0.4, -0.2) is 43.0 Å². The van der Waals surface area contributed by atoms with Crippen LogP contribution in [0.1, 0.15) is 24.5 Å². The van der Waals surface area contributed by atoms with Crippen molar-refractivity contribution in [3.8, 4) is 0 Å². The minimum Gasteiger partial charge on any atom is -0.386 e. The van der Waals surface area contributed by atoms with Gasteiger partial charge in [-0.1, -0.05) is 19.1 Å². The summed E-state index contributed by atoms with van der Waals surface area (Å²) in [5.41, 5.74) is 9.77. The minimum absolute atomic E-state index is 0.107. The molecule has 1 fully saturated rings. The lowest BCUT2D eigenvalue weighted by molar-refractivity contribution is 0.222. The molecule has 0 amide bonds. The Morgan fingerprint density at radius 1 is 1.25 bits per heavy atom. The molecule has 1 heterocycles. The van der Waals surface area contributed by atoms with Gasteiger partial charge in [0.1, 0.15) is 5.84 Å². The number of aryl methyl sites for hydroxylation is 1. The largest absolute Gasteiger partial charge is 0.386 e. The topological polar surface area (TPSA) is 56.4 Å². The number of anilines is 1. The van der Waals surface area contributed by atoms with Gasteiger partial charge in [0, 0.05) is 31.9 Å². The van der Waals surface area contributed by atoms with Crippen molar-refractivity contribution in [2.24, 2.45) is 5.73 Å². The van der Waals surface area contributed by atoms with Gasteiger partial charge in [-0.3, -0.25) is 10.3 Å². The molecule has 1 aromatic carbocycles. The first kappa shape index (κ1) is 14.9. The van der Waals surface area contributed by atoms with Gasteiger partial charge in [0.15, 0.2) is 0 Å². The summed E-state index contributed by atoms with van der Waals surface area (Å²) in [6.07, 6.45) is 0.915. The second-order valence-electron chi connectivity index (χ2n) is 5.62. The van der Waals surface area contributed by atoms with Crippen LogP contribution < -0.4 is 10.6 Å². The lowest BCUT2D eigenvalue weighted by Crippen LogP contribution is -2.54. The molecule has 20 heavy (non-hydrogen) atoms. The van der Waals surface area contributed by atoms with E-state index in [0.29, 0.717) is 5.84 Å². The van der Waals surface area contributed by atoms with Gasteiger partial charge in [0.05, 0.1) is 6.04 Å². The maximum Gasteiger partial charge on any atom is 0.108 e. The van der Waals surface area contributed by atoms with Crippen molar-refractivity contribution >= 4 is 11.5 Å². The van der Waals surface area contributed by atoms with E-state index in [2.05, 4.69) is 48.8 Å². The predicted octanol–water partition coefficient (Wildman–Crippen LogP) is 2.14. The number of piperazine rings is 1. The van der Waals surface area contributed by atoms with Gasteiger partial charge in [-0.25, -0.2) is 0 Å². The molecule has 3 N–H and O–H groups in total. The summed E-state index contributed by atoms with van der Waals surface area (Å²) in [6, 6.07) is 6.61. The average Bonchev–Trinajstić information content (AvgIpc) is 2.43. The van der Waals surface area contributed by atoms with Crippen molar-refractivity contribution in [2.75, 3.05) is 31.1 Å². The van der Waals surface area contributed by atoms with Crippen LogP contribution >= 0.6 is 0 Å². The highest BCUT2D eigenvalue weighted by molar-refractivity contribution is 5.82. The van der Waals surface area contributed by atoms with E-state index in [4.69, 9.17) is 11.1 Å². The Morgan fingerprint density at radius 3 is 2.45 bits per heavy atom. The molecule has 110 valence electrons. The molecule has 1 aromatic rings. The molecule has 1 saturated heterocycles. The number of hydrogen-bond donors (Lipinski definition) is 2. The molecule has 0 saturated carbocycles. The van der Waals surface area contributed by atoms with Crippen LogP contribution in [0.25, 0.3) is 0 Å². The molecule has 4 nitrogen and oxygen atoms in total. The van der Waals surface area contributed by atoms with Gasteiger partial charge < -0.3 is 10.6 Å². The van der Waals surface area contributed by atoms with E-state index in [1.807, 2.05) is 0 Å². The first-order valence-corrected chi connectivity index (χ1v) is 7.43. The van der Waals surface area contributed by atoms with Crippen LogP contribution in [0.4, 0.5) is 5.69 Å². The highest BCUT2D eigenvalue weighted by Gasteiger charge is 2.25. The van der Waals surface area contributed by atoms with Gasteiger partial charge >= 0.3 is 0 Å². The molecule has 0 aromatic heterocycles. The summed E-state index contributed by atoms with van der Waals surface area (Å²) in [7, 11) is 0. The third-order valence-corrected chi connectivity index (χ3v) is 4.42. The van der Waals surface area contributed by atoms with Crippen LogP contribution in [0.2, 0.25) is 0 Å². The van der Waals surface area contributed by atoms with E-state index in [1.165, 1.54) is 16.8 Å². The second kappa shape index (κ2) is 6.27. The van der Waals surface area contributed by atoms with Crippen molar-refractivity contribution in [1.82, 2.24) is 4.90 Å². The Labute approximate surface area is 122 Å². The van der Waals surface area contributed by atoms with Gasteiger partial charge in [0.2, 0.25) is 0 Å². The Kier molecular flexibility index (Phi) is 4.65. The number of nitrogens with one attached hydrogen (secondary N) is 1. The van der Waals surface area contributed by atoms with E-state index < -0.39 is 0 Å². The van der Waals surface area contributed by atoms with Gasteiger partial charge in [-0.15, -0.1) is 0 Å². The third-order valence-electron chi connectivity index (χ3n) is 4.42. The van der Waals surface area contributed by atoms with Gasteiger partial charge in [-0.05, 0) is 37.5 Å². The lowest BCUT2D eigenvalue weighted by atomic mass is 10.1. The fourth-order valence-electron chi connectivity index (χ4n) is 3.03. The number of benzene rings is 1. The summed E-state index contributed by atoms with van der Waals surface area (Å²) in [5, 5.41) is 7.69. The monoisotopic (exact) mass is 274 g/mol. The Hall–Kier alpha value is -1.55. The molecule has 0 aliphatic carbocycles. The molecular weight excluding hydrogens is 248 g/mol. The smallest absolute Gasteiger partial charge is 0.108 e. The Morgan fingerprint density at radius 2 is 1.90 bits per heavy atom. The maximum atomic E-state index is 7.69. The number of amidine groups is 1. The van der Waals surface area contributed by atoms with Crippen LogP contribution in [-0.2, 0) is 0 Å². The first-order chi connectivity index (χ1) is 9.54. The Balaban J connectivity index is 2.04. The summed E-state index contributed by atoms with van der Waals surface area (Å²) < 4.78 is 0. The molecular formula is C16H26N4. The number of nitrogens with two attached hydrogens (primary N) is 1. The number of rotatable bonds is 4. The molecule has 4 heteroatoms. The van der Waals surface area contributed by atoms with Crippen molar-refractivity contribution in [1.29, 1.82) is 5.41 Å². The zero-order chi connectivity index (χ0) is 14.7. The normalized spacial score (nSPS) is 18.1. The zero-order valence-electron chi connectivity index (χ0n) is 12.8. The highest BCUT2D eigenvalue weighted by Crippen LogP contribution is 2.24. The molecule has 1 atom stereocenters. The Bertz CT molecular complexity index is 475. The van der Waals surface area contributed by atoms with E-state index in [9.17, 15) is 0 Å². The van der Waals surface area contributed by atoms with E-state index in [-0.39, 0.29) is 6.04 Å². The van der Waals surface area contributed by atoms with Gasteiger partial charge in [0.25, 0.3) is 0 Å². The molecule has 1 unspecified atom stereocenters. The number of nitrogens with zero attached hydrogens (tertiary/aromatic N) is 2. The molecule has 0 radical (unpaired) electrons. The van der Waals surface area contributed by atoms with Crippen LogP contribution in [0.5, 0.6) is 0 Å². The summed E-state index contributed by atoms with van der Waals surface area (Å²) >= 11 is 0. The molecule has 0 spiro atoms. The zero-order valence-corrected chi connectivity index (χ0v) is 12.8. The fourth-order valence-corrected chi connectivity index (χ4v) is 3.03. The lowest BCUT2D eigenvalue weighted by Gasteiger charge is -2.40. The fraction of sp³-hybridized carbons (Fsp3) is 0.562. The SMILES string of the molecule is CCC(C(=N)N)N1CCN(c2cccc(C)c2C)CC1. The van der Waals surface area contributed by atoms with Crippen molar-refractivity contribution < 1.29 is 0 Å². The van der Waals surface area contributed by atoms with Crippen molar-refractivity contribution in [3.05, 3.63) is 29.3 Å². The quantitative estimate of drug-likeness (QED) is 0.653. The van der Waals surface area contributed by atoms with E-state index in [1.54, 1.807) is 0 Å². The van der Waals surface area contributed by atoms with E-state index in [0.717, 1.165) is 32.6 Å². The van der Waals surface area contributed by atoms with Crippen LogP contribution in [0.15, 0.2) is 18.2 Å². The van der Waals surface area contributed by atoms with Crippen molar-refractivity contribution in [3.63, 3.8) is 0 Å². The predicted molar refractivity (Wildman–Crippen MR) is 85.7 cm³/mol. The molecule has 1 aliphatic heterocycles. The first-order valence-electron chi connectivity index (χ1n) is 7.43. The number of hydrogen-bond acceptors (Lipinski definition) is 3. The molecule has 2 rings (SSSR count). The van der Waals surface area contributed by atoms with Crippen LogP contribution in [0, 0.1) is 19.3 Å². The standard InChI is InChI=1S/C16H26N4/c1-4-14(16(17)18)19-8-10-20(11-9-19)15-7-5-6-12(2)13(15)3/h5-7,14H,4,8-11H2,1-3H3,(H3,17,18). The summed E-state index contributed by atoms with van der Waals surface area (Å²) in [4.78, 5) is 4.79. The summed E-state index contributed by atoms with van der Waals surface area (Å²) in [6.45, 7) is 10.4.